The number of nitrogens with one attached hydrogen (secondary N) is 1. The zero-order chi connectivity index (χ0) is 14.1. The molecule has 1 aliphatic rings. The molecule has 0 amide bonds. The van der Waals surface area contributed by atoms with Gasteiger partial charge in [0.05, 0.1) is 0 Å². The second-order valence-electron chi connectivity index (χ2n) is 5.37. The molecule has 1 heterocycles. The largest absolute Gasteiger partial charge is 0.325 e. The molecule has 0 radical (unpaired) electrons. The third-order valence-corrected chi connectivity index (χ3v) is 4.22. The van der Waals surface area contributed by atoms with Crippen molar-refractivity contribution in [2.24, 2.45) is 0 Å². The zero-order valence-corrected chi connectivity index (χ0v) is 11.4. The molecule has 0 saturated heterocycles. The van der Waals surface area contributed by atoms with Crippen molar-refractivity contribution in [3.63, 3.8) is 0 Å². The minimum absolute atomic E-state index is 0.248. The van der Waals surface area contributed by atoms with Gasteiger partial charge in [-0.2, -0.15) is 5.26 Å². The molecule has 0 fully saturated rings. The number of aromatic nitrogens is 1. The van der Waals surface area contributed by atoms with Crippen molar-refractivity contribution in [2.45, 2.75) is 32.1 Å². The molecule has 2 aromatic rings. The standard InChI is InChI=1S/C17H16N2O/c1-11-15-9-13(12-5-3-2-4-6-12)7-8-14(15)16(10-18)17(20)19-11/h2-6,13H,7-9H2,1H3,(H,19,20). The van der Waals surface area contributed by atoms with Crippen molar-refractivity contribution in [1.29, 1.82) is 5.26 Å². The van der Waals surface area contributed by atoms with Gasteiger partial charge in [0.25, 0.3) is 5.56 Å². The van der Waals surface area contributed by atoms with E-state index in [9.17, 15) is 10.1 Å². The highest BCUT2D eigenvalue weighted by atomic mass is 16.1. The first kappa shape index (κ1) is 12.7. The van der Waals surface area contributed by atoms with Gasteiger partial charge in [-0.25, -0.2) is 0 Å². The lowest BCUT2D eigenvalue weighted by molar-refractivity contribution is 0.578. The van der Waals surface area contributed by atoms with E-state index in [-0.39, 0.29) is 5.56 Å². The van der Waals surface area contributed by atoms with Crippen LogP contribution in [0.4, 0.5) is 0 Å². The van der Waals surface area contributed by atoms with Gasteiger partial charge in [-0.1, -0.05) is 30.3 Å². The fourth-order valence-electron chi connectivity index (χ4n) is 3.17. The summed E-state index contributed by atoms with van der Waals surface area (Å²) in [6.45, 7) is 1.93. The topological polar surface area (TPSA) is 56.6 Å². The highest BCUT2D eigenvalue weighted by Crippen LogP contribution is 2.34. The van der Waals surface area contributed by atoms with Crippen LogP contribution in [0, 0.1) is 18.3 Å². The second kappa shape index (κ2) is 4.97. The monoisotopic (exact) mass is 264 g/mol. The molecular formula is C17H16N2O. The molecule has 0 bridgehead atoms. The van der Waals surface area contributed by atoms with Crippen molar-refractivity contribution < 1.29 is 0 Å². The Morgan fingerprint density at radius 2 is 2.00 bits per heavy atom. The molecule has 1 aromatic heterocycles. The summed E-state index contributed by atoms with van der Waals surface area (Å²) in [5.41, 5.74) is 4.41. The maximum absolute atomic E-state index is 11.8. The van der Waals surface area contributed by atoms with Crippen LogP contribution < -0.4 is 5.56 Å². The van der Waals surface area contributed by atoms with Crippen molar-refractivity contribution in [3.05, 3.63) is 68.6 Å². The summed E-state index contributed by atoms with van der Waals surface area (Å²) in [5.74, 6) is 0.472. The van der Waals surface area contributed by atoms with Crippen LogP contribution in [0.5, 0.6) is 0 Å². The molecule has 3 nitrogen and oxygen atoms in total. The van der Waals surface area contributed by atoms with Crippen molar-refractivity contribution in [2.75, 3.05) is 0 Å². The summed E-state index contributed by atoms with van der Waals surface area (Å²) in [7, 11) is 0. The van der Waals surface area contributed by atoms with E-state index in [4.69, 9.17) is 0 Å². The Balaban J connectivity index is 2.05. The van der Waals surface area contributed by atoms with Crippen LogP contribution >= 0.6 is 0 Å². The summed E-state index contributed by atoms with van der Waals surface area (Å²) in [6, 6.07) is 12.5. The lowest BCUT2D eigenvalue weighted by Crippen LogP contribution is -2.23. The van der Waals surface area contributed by atoms with Gasteiger partial charge in [0.15, 0.2) is 0 Å². The number of nitriles is 1. The van der Waals surface area contributed by atoms with Gasteiger partial charge in [-0.05, 0) is 48.8 Å². The van der Waals surface area contributed by atoms with Gasteiger partial charge in [-0.3, -0.25) is 4.79 Å². The van der Waals surface area contributed by atoms with E-state index >= 15 is 0 Å². The molecule has 3 heteroatoms. The highest BCUT2D eigenvalue weighted by Gasteiger charge is 2.25. The summed E-state index contributed by atoms with van der Waals surface area (Å²) >= 11 is 0. The summed E-state index contributed by atoms with van der Waals surface area (Å²) < 4.78 is 0. The molecule has 20 heavy (non-hydrogen) atoms. The summed E-state index contributed by atoms with van der Waals surface area (Å²) in [5, 5.41) is 9.18. The first-order chi connectivity index (χ1) is 9.70. The van der Waals surface area contributed by atoms with Gasteiger partial charge in [-0.15, -0.1) is 0 Å². The predicted octanol–water partition coefficient (Wildman–Crippen LogP) is 2.83. The van der Waals surface area contributed by atoms with Crippen molar-refractivity contribution >= 4 is 0 Å². The van der Waals surface area contributed by atoms with Gasteiger partial charge in [0.2, 0.25) is 0 Å². The summed E-state index contributed by atoms with van der Waals surface area (Å²) in [6.07, 6.45) is 2.70. The number of rotatable bonds is 1. The fourth-order valence-corrected chi connectivity index (χ4v) is 3.17. The second-order valence-corrected chi connectivity index (χ2v) is 5.37. The molecule has 100 valence electrons. The number of hydrogen-bond donors (Lipinski definition) is 1. The average molecular weight is 264 g/mol. The first-order valence-corrected chi connectivity index (χ1v) is 6.90. The molecule has 0 spiro atoms. The predicted molar refractivity (Wildman–Crippen MR) is 77.7 cm³/mol. The van der Waals surface area contributed by atoms with E-state index in [1.807, 2.05) is 13.0 Å². The maximum atomic E-state index is 11.8. The molecule has 0 saturated carbocycles. The fraction of sp³-hybridized carbons (Fsp3) is 0.294. The third kappa shape index (κ3) is 2.04. The molecule has 0 aliphatic heterocycles. The van der Waals surface area contributed by atoms with Gasteiger partial charge in [0, 0.05) is 5.69 Å². The summed E-state index contributed by atoms with van der Waals surface area (Å²) in [4.78, 5) is 14.6. The molecule has 1 aromatic carbocycles. The molecule has 3 rings (SSSR count). The maximum Gasteiger partial charge on any atom is 0.266 e. The van der Waals surface area contributed by atoms with E-state index in [1.54, 1.807) is 0 Å². The number of aromatic amines is 1. The highest BCUT2D eigenvalue weighted by molar-refractivity contribution is 5.45. The number of benzene rings is 1. The lowest BCUT2D eigenvalue weighted by atomic mass is 9.78. The van der Waals surface area contributed by atoms with Gasteiger partial charge < -0.3 is 4.98 Å². The molecule has 1 unspecified atom stereocenters. The van der Waals surface area contributed by atoms with Crippen LogP contribution in [-0.4, -0.2) is 4.98 Å². The Hall–Kier alpha value is -2.34. The van der Waals surface area contributed by atoms with Crippen LogP contribution in [0.2, 0.25) is 0 Å². The molecular weight excluding hydrogens is 248 g/mol. The van der Waals surface area contributed by atoms with E-state index in [2.05, 4.69) is 35.3 Å². The Morgan fingerprint density at radius 3 is 2.70 bits per heavy atom. The van der Waals surface area contributed by atoms with E-state index < -0.39 is 0 Å². The molecule has 1 aliphatic carbocycles. The third-order valence-electron chi connectivity index (χ3n) is 4.22. The smallest absolute Gasteiger partial charge is 0.266 e. The Kier molecular flexibility index (Phi) is 3.15. The van der Waals surface area contributed by atoms with Crippen LogP contribution in [0.25, 0.3) is 0 Å². The average Bonchev–Trinajstić information content (AvgIpc) is 2.48. The SMILES string of the molecule is Cc1[nH]c(=O)c(C#N)c2c1CC(c1ccccc1)CC2. The van der Waals surface area contributed by atoms with E-state index in [0.29, 0.717) is 11.5 Å². The number of H-pyrrole nitrogens is 1. The number of pyridine rings is 1. The van der Waals surface area contributed by atoms with Crippen LogP contribution in [-0.2, 0) is 12.8 Å². The normalized spacial score (nSPS) is 17.3. The molecule has 1 atom stereocenters. The number of nitrogens with zero attached hydrogens (tertiary/aromatic N) is 1. The molecule has 1 N–H and O–H groups in total. The first-order valence-electron chi connectivity index (χ1n) is 6.90. The van der Waals surface area contributed by atoms with Crippen LogP contribution in [0.3, 0.4) is 0 Å². The number of aryl methyl sites for hydroxylation is 1. The number of hydrogen-bond acceptors (Lipinski definition) is 2. The Labute approximate surface area is 117 Å². The van der Waals surface area contributed by atoms with Crippen LogP contribution in [0.15, 0.2) is 35.1 Å². The Bertz CT molecular complexity index is 738. The zero-order valence-electron chi connectivity index (χ0n) is 11.4. The van der Waals surface area contributed by atoms with Crippen molar-refractivity contribution in [3.8, 4) is 6.07 Å². The quantitative estimate of drug-likeness (QED) is 0.861. The lowest BCUT2D eigenvalue weighted by Gasteiger charge is -2.26. The minimum atomic E-state index is -0.248. The van der Waals surface area contributed by atoms with Gasteiger partial charge in [0.1, 0.15) is 11.6 Å². The number of fused-ring (bicyclic) bond motifs is 1. The van der Waals surface area contributed by atoms with Crippen molar-refractivity contribution in [1.82, 2.24) is 4.98 Å². The van der Waals surface area contributed by atoms with E-state index in [1.165, 1.54) is 5.56 Å². The van der Waals surface area contributed by atoms with E-state index in [0.717, 1.165) is 36.1 Å². The van der Waals surface area contributed by atoms with Gasteiger partial charge >= 0.3 is 0 Å². The Morgan fingerprint density at radius 1 is 1.25 bits per heavy atom. The van der Waals surface area contributed by atoms with Crippen LogP contribution in [0.1, 0.15) is 40.3 Å². The minimum Gasteiger partial charge on any atom is -0.325 e.